The molecular weight excluding hydrogens is 246 g/mol. The zero-order valence-corrected chi connectivity index (χ0v) is 10.5. The van der Waals surface area contributed by atoms with E-state index in [0.29, 0.717) is 5.92 Å². The molecule has 3 heteroatoms. The second-order valence-corrected chi connectivity index (χ2v) is 5.06. The Balaban J connectivity index is 2.67. The van der Waals surface area contributed by atoms with E-state index in [0.717, 1.165) is 4.47 Å². The Morgan fingerprint density at radius 2 is 2.23 bits per heavy atom. The summed E-state index contributed by atoms with van der Waals surface area (Å²) in [4.78, 5) is 0. The second-order valence-electron chi connectivity index (χ2n) is 3.47. The normalized spacial score (nSPS) is 15.7. The van der Waals surface area contributed by atoms with Crippen LogP contribution < -0.4 is 5.73 Å². The Morgan fingerprint density at radius 3 is 2.69 bits per heavy atom. The quantitative estimate of drug-likeness (QED) is 0.873. The average molecular weight is 262 g/mol. The highest BCUT2D eigenvalue weighted by molar-refractivity contribution is 9.10. The molecule has 2 N–H and O–H groups in total. The van der Waals surface area contributed by atoms with Gasteiger partial charge in [-0.05, 0) is 39.2 Å². The summed E-state index contributed by atoms with van der Waals surface area (Å²) in [6, 6.07) is 0.181. The van der Waals surface area contributed by atoms with Gasteiger partial charge in [0.1, 0.15) is 0 Å². The third-order valence-corrected chi connectivity index (χ3v) is 4.11. The van der Waals surface area contributed by atoms with Gasteiger partial charge in [0.05, 0.1) is 0 Å². The van der Waals surface area contributed by atoms with Crippen LogP contribution in [0.3, 0.4) is 0 Å². The number of thiophene rings is 1. The van der Waals surface area contributed by atoms with Crippen molar-refractivity contribution < 1.29 is 0 Å². The first-order chi connectivity index (χ1) is 6.16. The Kier molecular flexibility index (Phi) is 4.42. The summed E-state index contributed by atoms with van der Waals surface area (Å²) in [5.74, 6) is 0.566. The van der Waals surface area contributed by atoms with Gasteiger partial charge in [0.25, 0.3) is 0 Å². The minimum Gasteiger partial charge on any atom is -0.324 e. The van der Waals surface area contributed by atoms with Crippen LogP contribution in [-0.2, 0) is 0 Å². The fourth-order valence-electron chi connectivity index (χ4n) is 1.47. The molecule has 2 unspecified atom stereocenters. The Labute approximate surface area is 92.5 Å². The van der Waals surface area contributed by atoms with Crippen LogP contribution in [0, 0.1) is 5.92 Å². The minimum atomic E-state index is 0.181. The van der Waals surface area contributed by atoms with Gasteiger partial charge < -0.3 is 5.73 Å². The topological polar surface area (TPSA) is 26.0 Å². The lowest BCUT2D eigenvalue weighted by molar-refractivity contribution is 0.433. The number of hydrogen-bond acceptors (Lipinski definition) is 2. The lowest BCUT2D eigenvalue weighted by Gasteiger charge is -2.18. The van der Waals surface area contributed by atoms with Crippen molar-refractivity contribution in [1.82, 2.24) is 0 Å². The zero-order valence-electron chi connectivity index (χ0n) is 8.09. The summed E-state index contributed by atoms with van der Waals surface area (Å²) in [5.41, 5.74) is 7.40. The van der Waals surface area contributed by atoms with Crippen molar-refractivity contribution in [3.8, 4) is 0 Å². The van der Waals surface area contributed by atoms with Crippen molar-refractivity contribution in [3.05, 3.63) is 20.8 Å². The van der Waals surface area contributed by atoms with Crippen molar-refractivity contribution in [2.24, 2.45) is 11.7 Å². The number of halogens is 1. The van der Waals surface area contributed by atoms with Gasteiger partial charge in [-0.15, -0.1) is 0 Å². The van der Waals surface area contributed by atoms with Gasteiger partial charge in [0.2, 0.25) is 0 Å². The van der Waals surface area contributed by atoms with E-state index >= 15 is 0 Å². The molecule has 0 saturated carbocycles. The first kappa shape index (κ1) is 11.2. The van der Waals surface area contributed by atoms with E-state index in [-0.39, 0.29) is 6.04 Å². The molecule has 0 radical (unpaired) electrons. The number of rotatable bonds is 4. The maximum Gasteiger partial charge on any atom is 0.0340 e. The van der Waals surface area contributed by atoms with Crippen LogP contribution >= 0.6 is 27.3 Å². The summed E-state index contributed by atoms with van der Waals surface area (Å²) in [6.07, 6.45) is 2.40. The smallest absolute Gasteiger partial charge is 0.0340 e. The summed E-state index contributed by atoms with van der Waals surface area (Å²) < 4.78 is 1.16. The molecule has 1 rings (SSSR count). The molecule has 1 nitrogen and oxygen atoms in total. The molecule has 0 amide bonds. The Morgan fingerprint density at radius 1 is 1.54 bits per heavy atom. The molecule has 0 fully saturated rings. The van der Waals surface area contributed by atoms with Crippen LogP contribution in [0.4, 0.5) is 0 Å². The first-order valence-electron chi connectivity index (χ1n) is 4.64. The molecule has 13 heavy (non-hydrogen) atoms. The predicted molar refractivity (Wildman–Crippen MR) is 63.0 cm³/mol. The van der Waals surface area contributed by atoms with Crippen molar-refractivity contribution in [3.63, 3.8) is 0 Å². The van der Waals surface area contributed by atoms with Gasteiger partial charge in [-0.3, -0.25) is 0 Å². The number of nitrogens with two attached hydrogens (primary N) is 1. The van der Waals surface area contributed by atoms with Gasteiger partial charge in [-0.25, -0.2) is 0 Å². The van der Waals surface area contributed by atoms with Crippen LogP contribution in [0.25, 0.3) is 0 Å². The monoisotopic (exact) mass is 261 g/mol. The van der Waals surface area contributed by atoms with Crippen molar-refractivity contribution in [2.45, 2.75) is 32.7 Å². The van der Waals surface area contributed by atoms with Gasteiger partial charge in [-0.2, -0.15) is 11.3 Å². The standard InChI is InChI=1S/C10H16BrNS/c1-3-4-7(2)10(12)8-5-13-6-9(8)11/h5-7,10H,3-4,12H2,1-2H3. The highest BCUT2D eigenvalue weighted by atomic mass is 79.9. The Bertz CT molecular complexity index is 259. The third kappa shape index (κ3) is 2.79. The molecule has 0 aliphatic heterocycles. The molecule has 0 aliphatic carbocycles. The molecule has 0 spiro atoms. The molecule has 74 valence electrons. The molecule has 2 atom stereocenters. The number of hydrogen-bond donors (Lipinski definition) is 1. The molecular formula is C10H16BrNS. The van der Waals surface area contributed by atoms with E-state index in [9.17, 15) is 0 Å². The molecule has 1 aromatic rings. The van der Waals surface area contributed by atoms with E-state index in [1.165, 1.54) is 18.4 Å². The van der Waals surface area contributed by atoms with E-state index in [1.807, 2.05) is 0 Å². The third-order valence-electron chi connectivity index (χ3n) is 2.36. The van der Waals surface area contributed by atoms with Crippen LogP contribution in [-0.4, -0.2) is 0 Å². The molecule has 0 bridgehead atoms. The minimum absolute atomic E-state index is 0.181. The van der Waals surface area contributed by atoms with E-state index < -0.39 is 0 Å². The molecule has 1 heterocycles. The molecule has 1 aromatic heterocycles. The highest BCUT2D eigenvalue weighted by Gasteiger charge is 2.16. The zero-order chi connectivity index (χ0) is 9.84. The first-order valence-corrected chi connectivity index (χ1v) is 6.37. The predicted octanol–water partition coefficient (Wildman–Crippen LogP) is 3.95. The maximum atomic E-state index is 6.15. The summed E-state index contributed by atoms with van der Waals surface area (Å²) in [7, 11) is 0. The van der Waals surface area contributed by atoms with E-state index in [2.05, 4.69) is 40.5 Å². The lowest BCUT2D eigenvalue weighted by Crippen LogP contribution is -2.18. The van der Waals surface area contributed by atoms with Crippen LogP contribution in [0.1, 0.15) is 38.3 Å². The average Bonchev–Trinajstić information content (AvgIpc) is 2.50. The fourth-order valence-corrected chi connectivity index (χ4v) is 3.08. The summed E-state index contributed by atoms with van der Waals surface area (Å²) >= 11 is 5.22. The molecule has 0 aromatic carbocycles. The largest absolute Gasteiger partial charge is 0.324 e. The Hall–Kier alpha value is 0.140. The van der Waals surface area contributed by atoms with Gasteiger partial charge in [0, 0.05) is 15.9 Å². The molecule has 0 saturated heterocycles. The molecule has 0 aliphatic rings. The lowest BCUT2D eigenvalue weighted by atomic mass is 9.93. The van der Waals surface area contributed by atoms with Crippen LogP contribution in [0.2, 0.25) is 0 Å². The van der Waals surface area contributed by atoms with Gasteiger partial charge in [0.15, 0.2) is 0 Å². The van der Waals surface area contributed by atoms with E-state index in [1.54, 1.807) is 11.3 Å². The van der Waals surface area contributed by atoms with Crippen molar-refractivity contribution in [2.75, 3.05) is 0 Å². The second kappa shape index (κ2) is 5.13. The van der Waals surface area contributed by atoms with Gasteiger partial charge >= 0.3 is 0 Å². The van der Waals surface area contributed by atoms with Crippen molar-refractivity contribution in [1.29, 1.82) is 0 Å². The van der Waals surface area contributed by atoms with E-state index in [4.69, 9.17) is 5.73 Å². The fraction of sp³-hybridized carbons (Fsp3) is 0.600. The van der Waals surface area contributed by atoms with Crippen LogP contribution in [0.15, 0.2) is 15.2 Å². The highest BCUT2D eigenvalue weighted by Crippen LogP contribution is 2.31. The van der Waals surface area contributed by atoms with Crippen LogP contribution in [0.5, 0.6) is 0 Å². The summed E-state index contributed by atoms with van der Waals surface area (Å²) in [6.45, 7) is 4.42. The SMILES string of the molecule is CCCC(C)C(N)c1cscc1Br. The summed E-state index contributed by atoms with van der Waals surface area (Å²) in [5, 5.41) is 4.23. The van der Waals surface area contributed by atoms with Gasteiger partial charge in [-0.1, -0.05) is 20.3 Å². The van der Waals surface area contributed by atoms with Crippen molar-refractivity contribution >= 4 is 27.3 Å². The maximum absolute atomic E-state index is 6.15.